The standard InChI is InChI=1S/C26H25ClFN2O2/c1-2-17-16-30(28)14-12-19(17)15-24(30)25(32-26(31)18-7-9-20(27)10-8-18)22-11-13-29-23-6-4-3-5-21(22)23/h2-11,13,17,19,24-25H,1,12,14-16H2/q+1/t17-,19-,24-,25+,30+/m0/s1. The number of hydrogen-bond acceptors (Lipinski definition) is 3. The van der Waals surface area contributed by atoms with Crippen molar-refractivity contribution < 1.29 is 18.7 Å². The van der Waals surface area contributed by atoms with Crippen molar-refractivity contribution in [2.24, 2.45) is 11.8 Å². The first kappa shape index (κ1) is 21.1. The van der Waals surface area contributed by atoms with E-state index in [4.69, 9.17) is 16.3 Å². The normalized spacial score (nSPS) is 27.8. The van der Waals surface area contributed by atoms with Gasteiger partial charge in [0.05, 0.1) is 11.1 Å². The van der Waals surface area contributed by atoms with Crippen LogP contribution < -0.4 is 0 Å². The molecule has 3 aliphatic rings. The minimum Gasteiger partial charge on any atom is -0.447 e. The van der Waals surface area contributed by atoms with Gasteiger partial charge in [0, 0.05) is 40.9 Å². The van der Waals surface area contributed by atoms with E-state index < -0.39 is 22.8 Å². The quantitative estimate of drug-likeness (QED) is 0.268. The van der Waals surface area contributed by atoms with Gasteiger partial charge >= 0.3 is 5.97 Å². The molecule has 3 aliphatic heterocycles. The van der Waals surface area contributed by atoms with E-state index in [1.165, 1.54) is 0 Å². The maximum atomic E-state index is 16.3. The second-order valence-electron chi connectivity index (χ2n) is 8.83. The lowest BCUT2D eigenvalue weighted by Gasteiger charge is -2.50. The van der Waals surface area contributed by atoms with Gasteiger partial charge in [0.2, 0.25) is 0 Å². The van der Waals surface area contributed by atoms with Crippen molar-refractivity contribution in [3.63, 3.8) is 0 Å². The first-order chi connectivity index (χ1) is 15.5. The second-order valence-corrected chi connectivity index (χ2v) is 9.27. The van der Waals surface area contributed by atoms with Crippen LogP contribution in [-0.2, 0) is 4.74 Å². The first-order valence-electron chi connectivity index (χ1n) is 11.0. The Labute approximate surface area is 191 Å². The first-order valence-corrected chi connectivity index (χ1v) is 11.4. The minimum atomic E-state index is -0.732. The molecule has 5 atom stereocenters. The monoisotopic (exact) mass is 451 g/mol. The van der Waals surface area contributed by atoms with Crippen LogP contribution in [0.5, 0.6) is 0 Å². The highest BCUT2D eigenvalue weighted by atomic mass is 35.5. The molecule has 3 saturated heterocycles. The maximum Gasteiger partial charge on any atom is 0.338 e. The summed E-state index contributed by atoms with van der Waals surface area (Å²) >= 11 is 5.97. The Balaban J connectivity index is 1.57. The van der Waals surface area contributed by atoms with E-state index in [1.54, 1.807) is 30.5 Å². The molecule has 0 spiro atoms. The zero-order valence-corrected chi connectivity index (χ0v) is 18.4. The average molecular weight is 452 g/mol. The van der Waals surface area contributed by atoms with Gasteiger partial charge in [0.25, 0.3) is 0 Å². The number of hydrogen-bond donors (Lipinski definition) is 0. The molecule has 0 unspecified atom stereocenters. The summed E-state index contributed by atoms with van der Waals surface area (Å²) < 4.78 is 21.8. The third kappa shape index (κ3) is 3.70. The van der Waals surface area contributed by atoms with Crippen LogP contribution in [0, 0.1) is 11.8 Å². The molecule has 0 amide bonds. The van der Waals surface area contributed by atoms with Crippen LogP contribution in [0.25, 0.3) is 10.9 Å². The molecular formula is C26H25ClFN2O2+. The second kappa shape index (κ2) is 8.30. The Morgan fingerprint density at radius 1 is 1.22 bits per heavy atom. The molecule has 2 aromatic carbocycles. The summed E-state index contributed by atoms with van der Waals surface area (Å²) in [5.41, 5.74) is 1.98. The van der Waals surface area contributed by atoms with Gasteiger partial charge < -0.3 is 4.74 Å². The van der Waals surface area contributed by atoms with Crippen molar-refractivity contribution >= 4 is 28.5 Å². The molecular weight excluding hydrogens is 427 g/mol. The number of esters is 1. The molecule has 0 radical (unpaired) electrons. The molecule has 0 aliphatic carbocycles. The Bertz CT molecular complexity index is 1160. The Kier molecular flexibility index (Phi) is 5.48. The van der Waals surface area contributed by atoms with Crippen LogP contribution in [0.4, 0.5) is 4.48 Å². The van der Waals surface area contributed by atoms with Crippen LogP contribution in [0.1, 0.15) is 34.9 Å². The summed E-state index contributed by atoms with van der Waals surface area (Å²) in [5.74, 6) is 0.00645. The van der Waals surface area contributed by atoms with Crippen molar-refractivity contribution in [2.75, 3.05) is 13.1 Å². The third-order valence-electron chi connectivity index (χ3n) is 7.09. The van der Waals surface area contributed by atoms with Crippen LogP contribution >= 0.6 is 11.6 Å². The molecule has 2 bridgehead atoms. The number of ether oxygens (including phenoxy) is 1. The van der Waals surface area contributed by atoms with Crippen LogP contribution in [0.15, 0.2) is 73.4 Å². The summed E-state index contributed by atoms with van der Waals surface area (Å²) in [4.78, 5) is 17.6. The molecule has 3 aromatic rings. The van der Waals surface area contributed by atoms with Gasteiger partial charge in [0.15, 0.2) is 12.1 Å². The number of piperidine rings is 3. The van der Waals surface area contributed by atoms with Gasteiger partial charge in [-0.05, 0) is 46.8 Å². The summed E-state index contributed by atoms with van der Waals surface area (Å²) in [6.07, 6.45) is 4.31. The number of rotatable bonds is 5. The number of carbonyl (C=O) groups is 1. The van der Waals surface area contributed by atoms with E-state index in [1.807, 2.05) is 36.4 Å². The number of aromatic nitrogens is 1. The summed E-state index contributed by atoms with van der Waals surface area (Å²) in [6, 6.07) is 15.6. The van der Waals surface area contributed by atoms with Crippen molar-refractivity contribution in [2.45, 2.75) is 25.0 Å². The molecule has 3 fully saturated rings. The number of para-hydroxylation sites is 1. The highest BCUT2D eigenvalue weighted by molar-refractivity contribution is 6.30. The van der Waals surface area contributed by atoms with Crippen molar-refractivity contribution in [3.8, 4) is 0 Å². The number of benzene rings is 2. The van der Waals surface area contributed by atoms with E-state index in [0.29, 0.717) is 36.0 Å². The van der Waals surface area contributed by atoms with Crippen molar-refractivity contribution in [1.29, 1.82) is 0 Å². The smallest absolute Gasteiger partial charge is 0.338 e. The molecule has 0 N–H and O–H groups in total. The van der Waals surface area contributed by atoms with Crippen LogP contribution in [-0.4, -0.2) is 34.8 Å². The number of halogens is 2. The van der Waals surface area contributed by atoms with Gasteiger partial charge in [-0.2, -0.15) is 0 Å². The van der Waals surface area contributed by atoms with Gasteiger partial charge in [-0.25, -0.2) is 4.79 Å². The number of carbonyl (C=O) groups excluding carboxylic acids is 1. The minimum absolute atomic E-state index is 0.145. The fourth-order valence-electron chi connectivity index (χ4n) is 5.40. The van der Waals surface area contributed by atoms with E-state index in [9.17, 15) is 4.79 Å². The van der Waals surface area contributed by atoms with Crippen LogP contribution in [0.2, 0.25) is 5.02 Å². The molecule has 1 aromatic heterocycles. The Morgan fingerprint density at radius 2 is 2.00 bits per heavy atom. The highest BCUT2D eigenvalue weighted by Crippen LogP contribution is 2.48. The number of nitrogens with zero attached hydrogens (tertiary/aromatic N) is 2. The number of fused-ring (bicyclic) bond motifs is 4. The van der Waals surface area contributed by atoms with E-state index in [2.05, 4.69) is 11.6 Å². The van der Waals surface area contributed by atoms with Gasteiger partial charge in [-0.15, -0.1) is 11.3 Å². The summed E-state index contributed by atoms with van der Waals surface area (Å²) in [7, 11) is 0. The maximum absolute atomic E-state index is 16.3. The van der Waals surface area contributed by atoms with Gasteiger partial charge in [0.1, 0.15) is 13.1 Å². The zero-order valence-electron chi connectivity index (χ0n) is 17.7. The number of pyridine rings is 1. The average Bonchev–Trinajstić information content (AvgIpc) is 2.82. The lowest BCUT2D eigenvalue weighted by Crippen LogP contribution is -2.64. The summed E-state index contributed by atoms with van der Waals surface area (Å²) in [5, 5.41) is 1.41. The van der Waals surface area contributed by atoms with Gasteiger partial charge in [-0.3, -0.25) is 4.98 Å². The zero-order chi connectivity index (χ0) is 22.3. The predicted molar refractivity (Wildman–Crippen MR) is 123 cm³/mol. The van der Waals surface area contributed by atoms with E-state index in [0.717, 1.165) is 22.9 Å². The molecule has 32 heavy (non-hydrogen) atoms. The van der Waals surface area contributed by atoms with E-state index in [-0.39, 0.29) is 5.92 Å². The SMILES string of the molecule is C=C[C@H]1C[N@+]2(F)CC[C@H]1C[C@H]2[C@H](OC(=O)c1ccc(Cl)cc1)c1ccnc2ccccc12. The fourth-order valence-corrected chi connectivity index (χ4v) is 5.52. The van der Waals surface area contributed by atoms with Gasteiger partial charge in [-0.1, -0.05) is 35.9 Å². The fraction of sp³-hybridized carbons (Fsp3) is 0.308. The van der Waals surface area contributed by atoms with E-state index >= 15 is 4.48 Å². The third-order valence-corrected chi connectivity index (χ3v) is 7.34. The van der Waals surface area contributed by atoms with Crippen molar-refractivity contribution in [1.82, 2.24) is 4.98 Å². The molecule has 6 rings (SSSR count). The lowest BCUT2D eigenvalue weighted by molar-refractivity contribution is -1.09. The Morgan fingerprint density at radius 3 is 2.75 bits per heavy atom. The molecule has 4 nitrogen and oxygen atoms in total. The summed E-state index contributed by atoms with van der Waals surface area (Å²) in [6.45, 7) is 4.72. The topological polar surface area (TPSA) is 39.2 Å². The highest BCUT2D eigenvalue weighted by Gasteiger charge is 2.57. The Hall–Kier alpha value is -2.76. The number of quaternary nitrogens is 1. The van der Waals surface area contributed by atoms with Crippen molar-refractivity contribution in [3.05, 3.63) is 89.6 Å². The largest absolute Gasteiger partial charge is 0.447 e. The molecule has 164 valence electrons. The molecule has 0 saturated carbocycles. The lowest BCUT2D eigenvalue weighted by atomic mass is 9.73. The molecule has 4 heterocycles. The predicted octanol–water partition coefficient (Wildman–Crippen LogP) is 6.08. The molecule has 6 heteroatoms. The van der Waals surface area contributed by atoms with Crippen LogP contribution in [0.3, 0.4) is 0 Å².